The van der Waals surface area contributed by atoms with Crippen molar-refractivity contribution in [3.8, 4) is 0 Å². The Kier molecular flexibility index (Phi) is 4.11. The molecule has 1 unspecified atom stereocenters. The van der Waals surface area contributed by atoms with Crippen LogP contribution in [0.5, 0.6) is 0 Å². The van der Waals surface area contributed by atoms with E-state index in [9.17, 15) is 5.11 Å². The third-order valence-electron chi connectivity index (χ3n) is 3.09. The molecule has 3 N–H and O–H groups in total. The van der Waals surface area contributed by atoms with E-state index in [1.165, 1.54) is 16.7 Å². The van der Waals surface area contributed by atoms with Crippen molar-refractivity contribution in [2.75, 3.05) is 13.2 Å². The van der Waals surface area contributed by atoms with Gasteiger partial charge in [0.05, 0.1) is 6.61 Å². The molecular formula is C14H23NO. The van der Waals surface area contributed by atoms with E-state index < -0.39 is 0 Å². The number of aliphatic hydroxyl groups is 1. The molecule has 0 aliphatic heterocycles. The number of hydrogen-bond donors (Lipinski definition) is 2. The van der Waals surface area contributed by atoms with Crippen LogP contribution in [0.1, 0.15) is 43.4 Å². The fourth-order valence-corrected chi connectivity index (χ4v) is 1.85. The van der Waals surface area contributed by atoms with Crippen LogP contribution in [0.3, 0.4) is 0 Å². The second-order valence-corrected chi connectivity index (χ2v) is 5.44. The van der Waals surface area contributed by atoms with Crippen LogP contribution in [-0.2, 0) is 5.41 Å². The summed E-state index contributed by atoms with van der Waals surface area (Å²) in [6.07, 6.45) is 0. The predicted molar refractivity (Wildman–Crippen MR) is 68.8 cm³/mol. The van der Waals surface area contributed by atoms with E-state index in [2.05, 4.69) is 45.9 Å². The minimum atomic E-state index is 0.0577. The number of nitrogens with two attached hydrogens (primary N) is 1. The first-order valence-corrected chi connectivity index (χ1v) is 5.82. The molecule has 0 aromatic heterocycles. The molecule has 0 spiro atoms. The monoisotopic (exact) mass is 221 g/mol. The van der Waals surface area contributed by atoms with Gasteiger partial charge in [-0.2, -0.15) is 0 Å². The van der Waals surface area contributed by atoms with Gasteiger partial charge in [-0.1, -0.05) is 39.0 Å². The Hall–Kier alpha value is -0.860. The van der Waals surface area contributed by atoms with E-state index in [0.29, 0.717) is 6.54 Å². The zero-order valence-corrected chi connectivity index (χ0v) is 10.7. The van der Waals surface area contributed by atoms with Gasteiger partial charge in [-0.3, -0.25) is 0 Å². The van der Waals surface area contributed by atoms with Crippen molar-refractivity contribution in [2.45, 2.75) is 39.0 Å². The summed E-state index contributed by atoms with van der Waals surface area (Å²) in [6.45, 7) is 9.25. The third kappa shape index (κ3) is 2.83. The standard InChI is InChI=1S/C14H23NO/c1-10-5-6-12(14(2,3)4)7-13(10)11(8-15)9-16/h5-7,11,16H,8-9,15H2,1-4H3. The van der Waals surface area contributed by atoms with Crippen molar-refractivity contribution >= 4 is 0 Å². The van der Waals surface area contributed by atoms with Crippen LogP contribution >= 0.6 is 0 Å². The summed E-state index contributed by atoms with van der Waals surface area (Å²) in [5.41, 5.74) is 9.50. The van der Waals surface area contributed by atoms with Gasteiger partial charge in [-0.25, -0.2) is 0 Å². The second-order valence-electron chi connectivity index (χ2n) is 5.44. The molecule has 2 nitrogen and oxygen atoms in total. The summed E-state index contributed by atoms with van der Waals surface area (Å²) in [4.78, 5) is 0. The quantitative estimate of drug-likeness (QED) is 0.823. The molecule has 1 aromatic carbocycles. The molecule has 0 amide bonds. The lowest BCUT2D eigenvalue weighted by molar-refractivity contribution is 0.267. The molecular weight excluding hydrogens is 198 g/mol. The Morgan fingerprint density at radius 2 is 1.94 bits per heavy atom. The summed E-state index contributed by atoms with van der Waals surface area (Å²) >= 11 is 0. The van der Waals surface area contributed by atoms with Gasteiger partial charge >= 0.3 is 0 Å². The Morgan fingerprint density at radius 3 is 2.38 bits per heavy atom. The molecule has 90 valence electrons. The van der Waals surface area contributed by atoms with E-state index in [-0.39, 0.29) is 17.9 Å². The predicted octanol–water partition coefficient (Wildman–Crippen LogP) is 2.33. The lowest BCUT2D eigenvalue weighted by Gasteiger charge is -2.23. The van der Waals surface area contributed by atoms with Crippen molar-refractivity contribution in [1.82, 2.24) is 0 Å². The smallest absolute Gasteiger partial charge is 0.0512 e. The molecule has 0 heterocycles. The number of aliphatic hydroxyl groups excluding tert-OH is 1. The van der Waals surface area contributed by atoms with E-state index in [1.54, 1.807) is 0 Å². The molecule has 16 heavy (non-hydrogen) atoms. The molecule has 0 aliphatic rings. The molecule has 1 rings (SSSR count). The highest BCUT2D eigenvalue weighted by molar-refractivity contribution is 5.37. The molecule has 0 saturated carbocycles. The van der Waals surface area contributed by atoms with Crippen molar-refractivity contribution in [3.63, 3.8) is 0 Å². The average Bonchev–Trinajstić information content (AvgIpc) is 2.20. The number of benzene rings is 1. The SMILES string of the molecule is Cc1ccc(C(C)(C)C)cc1C(CN)CO. The summed E-state index contributed by atoms with van der Waals surface area (Å²) in [5.74, 6) is 0.0577. The summed E-state index contributed by atoms with van der Waals surface area (Å²) in [6, 6.07) is 6.46. The molecule has 0 aliphatic carbocycles. The van der Waals surface area contributed by atoms with E-state index >= 15 is 0 Å². The maximum absolute atomic E-state index is 9.32. The molecule has 2 heteroatoms. The molecule has 1 aromatic rings. The van der Waals surface area contributed by atoms with Crippen LogP contribution in [0.2, 0.25) is 0 Å². The fourth-order valence-electron chi connectivity index (χ4n) is 1.85. The fraction of sp³-hybridized carbons (Fsp3) is 0.571. The normalized spacial score (nSPS) is 13.9. The summed E-state index contributed by atoms with van der Waals surface area (Å²) in [5, 5.41) is 9.32. The van der Waals surface area contributed by atoms with Crippen LogP contribution in [-0.4, -0.2) is 18.3 Å². The summed E-state index contributed by atoms with van der Waals surface area (Å²) in [7, 11) is 0. The van der Waals surface area contributed by atoms with Crippen molar-refractivity contribution in [2.24, 2.45) is 5.73 Å². The van der Waals surface area contributed by atoms with Crippen LogP contribution in [0.4, 0.5) is 0 Å². The van der Waals surface area contributed by atoms with Gasteiger partial charge in [-0.15, -0.1) is 0 Å². The first kappa shape index (κ1) is 13.2. The molecule has 0 fully saturated rings. The Balaban J connectivity index is 3.18. The van der Waals surface area contributed by atoms with Gasteiger partial charge in [0.25, 0.3) is 0 Å². The first-order chi connectivity index (χ1) is 7.40. The van der Waals surface area contributed by atoms with Crippen molar-refractivity contribution in [1.29, 1.82) is 0 Å². The van der Waals surface area contributed by atoms with Gasteiger partial charge in [-0.05, 0) is 29.0 Å². The van der Waals surface area contributed by atoms with Gasteiger partial charge in [0, 0.05) is 12.5 Å². The van der Waals surface area contributed by atoms with Gasteiger partial charge < -0.3 is 10.8 Å². The van der Waals surface area contributed by atoms with Gasteiger partial charge in [0.1, 0.15) is 0 Å². The van der Waals surface area contributed by atoms with E-state index in [4.69, 9.17) is 5.73 Å². The Morgan fingerprint density at radius 1 is 1.31 bits per heavy atom. The van der Waals surface area contributed by atoms with Crippen LogP contribution in [0, 0.1) is 6.92 Å². The maximum Gasteiger partial charge on any atom is 0.0512 e. The van der Waals surface area contributed by atoms with Gasteiger partial charge in [0.2, 0.25) is 0 Å². The third-order valence-corrected chi connectivity index (χ3v) is 3.09. The topological polar surface area (TPSA) is 46.2 Å². The van der Waals surface area contributed by atoms with Crippen molar-refractivity contribution < 1.29 is 5.11 Å². The number of hydrogen-bond acceptors (Lipinski definition) is 2. The molecule has 1 atom stereocenters. The Labute approximate surface area is 98.5 Å². The van der Waals surface area contributed by atoms with E-state index in [1.807, 2.05) is 0 Å². The molecule has 0 bridgehead atoms. The zero-order chi connectivity index (χ0) is 12.3. The zero-order valence-electron chi connectivity index (χ0n) is 10.7. The van der Waals surface area contributed by atoms with Crippen LogP contribution < -0.4 is 5.73 Å². The number of rotatable bonds is 3. The maximum atomic E-state index is 9.32. The second kappa shape index (κ2) is 4.98. The lowest BCUT2D eigenvalue weighted by Crippen LogP contribution is -2.19. The molecule has 0 saturated heterocycles. The lowest BCUT2D eigenvalue weighted by atomic mass is 9.83. The summed E-state index contributed by atoms with van der Waals surface area (Å²) < 4.78 is 0. The highest BCUT2D eigenvalue weighted by Gasteiger charge is 2.17. The van der Waals surface area contributed by atoms with Crippen LogP contribution in [0.15, 0.2) is 18.2 Å². The molecule has 0 radical (unpaired) electrons. The highest BCUT2D eigenvalue weighted by Crippen LogP contribution is 2.27. The van der Waals surface area contributed by atoms with Gasteiger partial charge in [0.15, 0.2) is 0 Å². The largest absolute Gasteiger partial charge is 0.396 e. The van der Waals surface area contributed by atoms with Crippen LogP contribution in [0.25, 0.3) is 0 Å². The van der Waals surface area contributed by atoms with E-state index in [0.717, 1.165) is 0 Å². The first-order valence-electron chi connectivity index (χ1n) is 5.82. The minimum Gasteiger partial charge on any atom is -0.396 e. The number of aryl methyl sites for hydroxylation is 1. The Bertz CT molecular complexity index is 348. The average molecular weight is 221 g/mol. The minimum absolute atomic E-state index is 0.0577. The highest BCUT2D eigenvalue weighted by atomic mass is 16.3. The van der Waals surface area contributed by atoms with Crippen molar-refractivity contribution in [3.05, 3.63) is 34.9 Å².